The average molecular weight is 229 g/mol. The molecule has 0 aliphatic rings. The van der Waals surface area contributed by atoms with Gasteiger partial charge in [-0.2, -0.15) is 0 Å². The summed E-state index contributed by atoms with van der Waals surface area (Å²) in [5.74, 6) is -0.985. The highest BCUT2D eigenvalue weighted by atomic mass is 32.2. The molecule has 0 atom stereocenters. The van der Waals surface area contributed by atoms with Gasteiger partial charge in [0.15, 0.2) is 9.84 Å². The van der Waals surface area contributed by atoms with Gasteiger partial charge in [0.1, 0.15) is 0 Å². The molecule has 6 heteroatoms. The second-order valence-corrected chi connectivity index (χ2v) is 5.24. The SMILES string of the molecule is CCS(=O)(=O)c1ccc(CC(=O)O)nc1. The highest BCUT2D eigenvalue weighted by molar-refractivity contribution is 7.91. The average Bonchev–Trinajstić information content (AvgIpc) is 2.18. The second-order valence-electron chi connectivity index (χ2n) is 2.96. The van der Waals surface area contributed by atoms with Gasteiger partial charge in [0.05, 0.1) is 22.8 Å². The number of carboxylic acid groups (broad SMARTS) is 1. The van der Waals surface area contributed by atoms with Crippen molar-refractivity contribution < 1.29 is 18.3 Å². The van der Waals surface area contributed by atoms with Crippen LogP contribution in [0, 0.1) is 0 Å². The number of aliphatic carboxylic acids is 1. The third kappa shape index (κ3) is 3.02. The maximum Gasteiger partial charge on any atom is 0.309 e. The molecule has 0 amide bonds. The van der Waals surface area contributed by atoms with Gasteiger partial charge < -0.3 is 5.11 Å². The van der Waals surface area contributed by atoms with Crippen molar-refractivity contribution in [2.24, 2.45) is 0 Å². The molecule has 0 saturated carbocycles. The first-order chi connectivity index (χ1) is 6.95. The standard InChI is InChI=1S/C9H11NO4S/c1-2-15(13,14)8-4-3-7(10-6-8)5-9(11)12/h3-4,6H,2,5H2,1H3,(H,11,12). The zero-order chi connectivity index (χ0) is 11.5. The summed E-state index contributed by atoms with van der Waals surface area (Å²) in [5.41, 5.74) is 0.345. The zero-order valence-electron chi connectivity index (χ0n) is 8.17. The normalized spacial score (nSPS) is 11.3. The molecule has 1 rings (SSSR count). The van der Waals surface area contributed by atoms with Gasteiger partial charge in [-0.25, -0.2) is 8.42 Å². The van der Waals surface area contributed by atoms with Crippen LogP contribution >= 0.6 is 0 Å². The molecular weight excluding hydrogens is 218 g/mol. The summed E-state index contributed by atoms with van der Waals surface area (Å²) in [6.07, 6.45) is 0.990. The summed E-state index contributed by atoms with van der Waals surface area (Å²) in [5, 5.41) is 8.48. The van der Waals surface area contributed by atoms with E-state index >= 15 is 0 Å². The summed E-state index contributed by atoms with van der Waals surface area (Å²) in [6.45, 7) is 1.54. The van der Waals surface area contributed by atoms with Crippen molar-refractivity contribution in [2.75, 3.05) is 5.75 Å². The van der Waals surface area contributed by atoms with E-state index in [1.54, 1.807) is 6.92 Å². The fraction of sp³-hybridized carbons (Fsp3) is 0.333. The lowest BCUT2D eigenvalue weighted by atomic mass is 10.3. The molecule has 0 aliphatic carbocycles. The summed E-state index contributed by atoms with van der Waals surface area (Å²) < 4.78 is 22.8. The smallest absolute Gasteiger partial charge is 0.309 e. The van der Waals surface area contributed by atoms with Crippen molar-refractivity contribution in [3.05, 3.63) is 24.0 Å². The van der Waals surface area contributed by atoms with E-state index in [4.69, 9.17) is 5.11 Å². The lowest BCUT2D eigenvalue weighted by Crippen LogP contribution is -2.06. The van der Waals surface area contributed by atoms with E-state index in [9.17, 15) is 13.2 Å². The molecule has 0 spiro atoms. The van der Waals surface area contributed by atoms with Crippen LogP contribution in [0.4, 0.5) is 0 Å². The molecule has 0 aromatic carbocycles. The number of carbonyl (C=O) groups is 1. The predicted molar refractivity (Wildman–Crippen MR) is 53.3 cm³/mol. The minimum absolute atomic E-state index is 0.00690. The monoisotopic (exact) mass is 229 g/mol. The van der Waals surface area contributed by atoms with Crippen molar-refractivity contribution in [1.82, 2.24) is 4.98 Å². The second kappa shape index (κ2) is 4.39. The Morgan fingerprint density at radius 3 is 2.53 bits per heavy atom. The molecule has 0 saturated heterocycles. The predicted octanol–water partition coefficient (Wildman–Crippen LogP) is 0.502. The fourth-order valence-corrected chi connectivity index (χ4v) is 1.84. The van der Waals surface area contributed by atoms with E-state index in [0.29, 0.717) is 5.69 Å². The van der Waals surface area contributed by atoms with E-state index in [1.807, 2.05) is 0 Å². The minimum atomic E-state index is -3.25. The van der Waals surface area contributed by atoms with Crippen molar-refractivity contribution in [1.29, 1.82) is 0 Å². The molecule has 0 fully saturated rings. The zero-order valence-corrected chi connectivity index (χ0v) is 8.99. The van der Waals surface area contributed by atoms with Crippen LogP contribution in [0.3, 0.4) is 0 Å². The Kier molecular flexibility index (Phi) is 3.41. The van der Waals surface area contributed by atoms with Crippen LogP contribution in [-0.2, 0) is 21.1 Å². The van der Waals surface area contributed by atoms with Gasteiger partial charge in [-0.1, -0.05) is 6.92 Å². The molecule has 0 aliphatic heterocycles. The Balaban J connectivity index is 2.95. The number of hydrogen-bond donors (Lipinski definition) is 1. The molecular formula is C9H11NO4S. The van der Waals surface area contributed by atoms with E-state index in [2.05, 4.69) is 4.98 Å². The number of carboxylic acids is 1. The summed E-state index contributed by atoms with van der Waals surface area (Å²) in [6, 6.07) is 2.79. The Morgan fingerprint density at radius 2 is 2.13 bits per heavy atom. The Hall–Kier alpha value is -1.43. The molecule has 82 valence electrons. The molecule has 1 aromatic rings. The summed E-state index contributed by atoms with van der Waals surface area (Å²) >= 11 is 0. The number of rotatable bonds is 4. The Labute approximate surface area is 87.7 Å². The van der Waals surface area contributed by atoms with Gasteiger partial charge in [-0.15, -0.1) is 0 Å². The molecule has 0 radical (unpaired) electrons. The molecule has 5 nitrogen and oxygen atoms in total. The Morgan fingerprint density at radius 1 is 1.47 bits per heavy atom. The van der Waals surface area contributed by atoms with Crippen LogP contribution in [0.15, 0.2) is 23.2 Å². The van der Waals surface area contributed by atoms with Crippen LogP contribution in [-0.4, -0.2) is 30.2 Å². The van der Waals surface area contributed by atoms with Crippen LogP contribution in [0.25, 0.3) is 0 Å². The van der Waals surface area contributed by atoms with Gasteiger partial charge in [0, 0.05) is 6.20 Å². The van der Waals surface area contributed by atoms with Crippen LogP contribution in [0.1, 0.15) is 12.6 Å². The first-order valence-corrected chi connectivity index (χ1v) is 6.00. The van der Waals surface area contributed by atoms with Crippen LogP contribution < -0.4 is 0 Å². The summed E-state index contributed by atoms with van der Waals surface area (Å²) in [7, 11) is -3.25. The van der Waals surface area contributed by atoms with Gasteiger partial charge in [0.25, 0.3) is 0 Å². The first-order valence-electron chi connectivity index (χ1n) is 4.35. The van der Waals surface area contributed by atoms with Crippen molar-refractivity contribution in [3.8, 4) is 0 Å². The molecule has 0 unspecified atom stereocenters. The minimum Gasteiger partial charge on any atom is -0.481 e. The fourth-order valence-electron chi connectivity index (χ4n) is 1.02. The van der Waals surface area contributed by atoms with E-state index in [-0.39, 0.29) is 17.1 Å². The van der Waals surface area contributed by atoms with Gasteiger partial charge in [0.2, 0.25) is 0 Å². The molecule has 1 heterocycles. The number of hydrogen-bond acceptors (Lipinski definition) is 4. The van der Waals surface area contributed by atoms with Crippen molar-refractivity contribution in [3.63, 3.8) is 0 Å². The molecule has 1 N–H and O–H groups in total. The maximum absolute atomic E-state index is 11.4. The van der Waals surface area contributed by atoms with Crippen molar-refractivity contribution in [2.45, 2.75) is 18.2 Å². The topological polar surface area (TPSA) is 84.3 Å². The van der Waals surface area contributed by atoms with Crippen molar-refractivity contribution >= 4 is 15.8 Å². The molecule has 1 aromatic heterocycles. The van der Waals surface area contributed by atoms with Gasteiger partial charge >= 0.3 is 5.97 Å². The maximum atomic E-state index is 11.4. The lowest BCUT2D eigenvalue weighted by Gasteiger charge is -2.01. The van der Waals surface area contributed by atoms with Gasteiger partial charge in [-0.3, -0.25) is 9.78 Å². The number of sulfone groups is 1. The number of nitrogens with zero attached hydrogens (tertiary/aromatic N) is 1. The van der Waals surface area contributed by atoms with Crippen LogP contribution in [0.2, 0.25) is 0 Å². The molecule has 0 bridgehead atoms. The number of aromatic nitrogens is 1. The van der Waals surface area contributed by atoms with E-state index < -0.39 is 15.8 Å². The summed E-state index contributed by atoms with van der Waals surface area (Å²) in [4.78, 5) is 14.2. The van der Waals surface area contributed by atoms with E-state index in [0.717, 1.165) is 0 Å². The highest BCUT2D eigenvalue weighted by Gasteiger charge is 2.12. The third-order valence-electron chi connectivity index (χ3n) is 1.87. The lowest BCUT2D eigenvalue weighted by molar-refractivity contribution is -0.136. The van der Waals surface area contributed by atoms with Gasteiger partial charge in [-0.05, 0) is 12.1 Å². The number of pyridine rings is 1. The van der Waals surface area contributed by atoms with Crippen LogP contribution in [0.5, 0.6) is 0 Å². The highest BCUT2D eigenvalue weighted by Crippen LogP contribution is 2.09. The van der Waals surface area contributed by atoms with E-state index in [1.165, 1.54) is 18.3 Å². The largest absolute Gasteiger partial charge is 0.481 e. The third-order valence-corrected chi connectivity index (χ3v) is 3.59. The molecule has 15 heavy (non-hydrogen) atoms. The Bertz CT molecular complexity index is 450. The first kappa shape index (κ1) is 11.6. The quantitative estimate of drug-likeness (QED) is 0.812.